The van der Waals surface area contributed by atoms with Crippen LogP contribution < -0.4 is 16.0 Å². The molecule has 1 unspecified atom stereocenters. The Hall–Kier alpha value is -8.42. The van der Waals surface area contributed by atoms with E-state index in [4.69, 9.17) is 0 Å². The van der Waals surface area contributed by atoms with Crippen molar-refractivity contribution in [2.45, 2.75) is 38.1 Å². The standard InChI is InChI=1S/C59H44N2.C7H8.CH5N/c1-2-18-56(43-35-33-42(34-36-43)41-19-5-3-6-20-41)60-46-22-17-21-44(39-46)48-25-9-10-26-49(48)45-37-38-51-50-27-11-12-28-52(50)59(55(51)40-45)53-29-13-15-31-57(53)61(47-23-7-4-8-24-47)58-32-16-14-30-54(58)59;1-7-5-3-2-4-6-7;1-2/h4-5,7-17,19-40,56,60H,2,18H2,1H3;2-6H,1H3;2H2,1H3. The number of aryl methyl sites for hydroxylation is 1. The molecule has 1 heterocycles. The van der Waals surface area contributed by atoms with Crippen LogP contribution in [0.25, 0.3) is 44.5 Å². The van der Waals surface area contributed by atoms with Crippen LogP contribution in [0.2, 0.25) is 0 Å². The highest BCUT2D eigenvalue weighted by Crippen LogP contribution is 2.63. The van der Waals surface area contributed by atoms with Gasteiger partial charge in [0, 0.05) is 11.4 Å². The number of hydrogen-bond donors (Lipinski definition) is 2. The van der Waals surface area contributed by atoms with Crippen LogP contribution >= 0.6 is 0 Å². The van der Waals surface area contributed by atoms with Crippen LogP contribution in [-0.2, 0) is 5.41 Å². The summed E-state index contributed by atoms with van der Waals surface area (Å²) < 4.78 is 0. The Balaban J connectivity index is 0.000000576. The number of benzene rings is 9. The van der Waals surface area contributed by atoms with Gasteiger partial charge in [0.15, 0.2) is 0 Å². The molecule has 0 amide bonds. The zero-order chi connectivity index (χ0) is 47.9. The van der Waals surface area contributed by atoms with E-state index in [0.29, 0.717) is 0 Å². The largest absolute Gasteiger partial charge is 0.378 e. The van der Waals surface area contributed by atoms with E-state index in [-0.39, 0.29) is 6.04 Å². The first-order valence-corrected chi connectivity index (χ1v) is 24.4. The van der Waals surface area contributed by atoms with Crippen molar-refractivity contribution >= 4 is 22.7 Å². The highest BCUT2D eigenvalue weighted by molar-refractivity contribution is 5.97. The highest BCUT2D eigenvalue weighted by Gasteiger charge is 2.51. The molecule has 1 spiro atoms. The predicted molar refractivity (Wildman–Crippen MR) is 295 cm³/mol. The molecule has 340 valence electrons. The van der Waals surface area contributed by atoms with Crippen molar-refractivity contribution < 1.29 is 0 Å². The molecule has 3 N–H and O–H groups in total. The van der Waals surface area contributed by atoms with Gasteiger partial charge in [0.1, 0.15) is 0 Å². The minimum absolute atomic E-state index is 0.189. The average Bonchev–Trinajstić information content (AvgIpc) is 3.72. The molecule has 0 aromatic heterocycles. The number of nitrogens with zero attached hydrogens (tertiary/aromatic N) is 1. The van der Waals surface area contributed by atoms with E-state index in [1.54, 1.807) is 0 Å². The van der Waals surface area contributed by atoms with Crippen molar-refractivity contribution in [2.24, 2.45) is 5.73 Å². The zero-order valence-corrected chi connectivity index (χ0v) is 40.1. The Kier molecular flexibility index (Phi) is 13.2. The molecule has 3 heteroatoms. The molecule has 1 aliphatic carbocycles. The molecule has 0 radical (unpaired) electrons. The normalized spacial score (nSPS) is 12.6. The van der Waals surface area contributed by atoms with E-state index in [9.17, 15) is 0 Å². The molecule has 0 saturated heterocycles. The quantitative estimate of drug-likeness (QED) is 0.152. The maximum absolute atomic E-state index is 4.50. The third kappa shape index (κ3) is 8.45. The van der Waals surface area contributed by atoms with E-state index in [1.165, 1.54) is 90.7 Å². The first-order valence-electron chi connectivity index (χ1n) is 24.4. The third-order valence-corrected chi connectivity index (χ3v) is 13.7. The molecule has 3 nitrogen and oxygen atoms in total. The molecule has 70 heavy (non-hydrogen) atoms. The van der Waals surface area contributed by atoms with Crippen molar-refractivity contribution in [2.75, 3.05) is 17.3 Å². The number of nitrogens with two attached hydrogens (primary N) is 1. The summed E-state index contributed by atoms with van der Waals surface area (Å²) in [5.41, 5.74) is 26.3. The lowest BCUT2D eigenvalue weighted by Gasteiger charge is -2.45. The molecule has 0 bridgehead atoms. The van der Waals surface area contributed by atoms with Gasteiger partial charge < -0.3 is 16.0 Å². The molecule has 10 aromatic carbocycles. The van der Waals surface area contributed by atoms with E-state index in [1.807, 2.05) is 30.3 Å². The first-order chi connectivity index (χ1) is 34.6. The molecular formula is C67H57N3. The fourth-order valence-electron chi connectivity index (χ4n) is 10.7. The number of hydrogen-bond acceptors (Lipinski definition) is 3. The van der Waals surface area contributed by atoms with Gasteiger partial charge in [-0.2, -0.15) is 0 Å². The Bertz CT molecular complexity index is 3290. The van der Waals surface area contributed by atoms with Crippen LogP contribution in [0.3, 0.4) is 0 Å². The van der Waals surface area contributed by atoms with Gasteiger partial charge in [-0.15, -0.1) is 0 Å². The Morgan fingerprint density at radius 1 is 0.471 bits per heavy atom. The van der Waals surface area contributed by atoms with Crippen LogP contribution in [0.5, 0.6) is 0 Å². The lowest BCUT2D eigenvalue weighted by atomic mass is 9.64. The van der Waals surface area contributed by atoms with Gasteiger partial charge in [0.05, 0.1) is 22.8 Å². The van der Waals surface area contributed by atoms with Crippen molar-refractivity contribution in [3.8, 4) is 44.5 Å². The first kappa shape index (κ1) is 45.4. The van der Waals surface area contributed by atoms with Crippen LogP contribution in [0.15, 0.2) is 243 Å². The van der Waals surface area contributed by atoms with Gasteiger partial charge in [0.2, 0.25) is 0 Å². The SMILES string of the molecule is CCCC(Nc1cccc(-c2ccccc2-c2ccc3c(c2)C2(c4ccccc4-3)c3ccccc3N(c3ccccc3)c3ccccc32)c1)c1ccc(-c2cc#ccc2)cc1.CN.Cc1ccccc1. The molecule has 0 saturated carbocycles. The number of anilines is 4. The molecule has 10 aromatic rings. The molecular weight excluding hydrogens is 847 g/mol. The van der Waals surface area contributed by atoms with E-state index < -0.39 is 5.41 Å². The van der Waals surface area contributed by atoms with E-state index in [2.05, 4.69) is 254 Å². The highest BCUT2D eigenvalue weighted by atomic mass is 15.2. The predicted octanol–water partition coefficient (Wildman–Crippen LogP) is 17.0. The number of fused-ring (bicyclic) bond motifs is 9. The molecule has 1 atom stereocenters. The van der Waals surface area contributed by atoms with Crippen LogP contribution in [-0.4, -0.2) is 7.05 Å². The fraction of sp³-hybridized carbons (Fsp3) is 0.104. The van der Waals surface area contributed by atoms with Crippen molar-refractivity contribution in [3.63, 3.8) is 0 Å². The fourth-order valence-corrected chi connectivity index (χ4v) is 10.7. The summed E-state index contributed by atoms with van der Waals surface area (Å²) in [5, 5.41) is 3.93. The summed E-state index contributed by atoms with van der Waals surface area (Å²) in [4.78, 5) is 2.44. The van der Waals surface area contributed by atoms with Crippen molar-refractivity contribution in [1.82, 2.24) is 0 Å². The second-order valence-electron chi connectivity index (χ2n) is 17.9. The van der Waals surface area contributed by atoms with Crippen molar-refractivity contribution in [1.29, 1.82) is 0 Å². The second-order valence-corrected chi connectivity index (χ2v) is 17.9. The lowest BCUT2D eigenvalue weighted by molar-refractivity contribution is 0.678. The monoisotopic (exact) mass is 903 g/mol. The van der Waals surface area contributed by atoms with E-state index in [0.717, 1.165) is 29.8 Å². The Morgan fingerprint density at radius 2 is 1.03 bits per heavy atom. The number of para-hydroxylation sites is 3. The maximum Gasteiger partial charge on any atom is 0.0754 e. The minimum atomic E-state index is -0.510. The van der Waals surface area contributed by atoms with Crippen LogP contribution in [0, 0.1) is 19.1 Å². The molecule has 1 aliphatic heterocycles. The molecule has 0 fully saturated rings. The number of nitrogens with one attached hydrogen (secondary N) is 1. The van der Waals surface area contributed by atoms with E-state index >= 15 is 0 Å². The summed E-state index contributed by atoms with van der Waals surface area (Å²) in [5.74, 6) is 0. The smallest absolute Gasteiger partial charge is 0.0754 e. The Morgan fingerprint density at radius 3 is 1.64 bits per heavy atom. The summed E-state index contributed by atoms with van der Waals surface area (Å²) >= 11 is 0. The summed E-state index contributed by atoms with van der Waals surface area (Å²) in [6, 6.07) is 94.5. The topological polar surface area (TPSA) is 41.3 Å². The van der Waals surface area contributed by atoms with Gasteiger partial charge >= 0.3 is 0 Å². The van der Waals surface area contributed by atoms with Crippen LogP contribution in [0.1, 0.15) is 59.2 Å². The van der Waals surface area contributed by atoms with Crippen LogP contribution in [0.4, 0.5) is 22.7 Å². The molecule has 12 rings (SSSR count). The van der Waals surface area contributed by atoms with Gasteiger partial charge in [-0.3, -0.25) is 0 Å². The van der Waals surface area contributed by atoms with Gasteiger partial charge in [0.25, 0.3) is 0 Å². The maximum atomic E-state index is 4.50. The van der Waals surface area contributed by atoms with Gasteiger partial charge in [-0.05, 0) is 153 Å². The van der Waals surface area contributed by atoms with Gasteiger partial charge in [-0.25, -0.2) is 0 Å². The van der Waals surface area contributed by atoms with Crippen molar-refractivity contribution in [3.05, 3.63) is 288 Å². The third-order valence-electron chi connectivity index (χ3n) is 13.7. The molecule has 2 aliphatic rings. The average molecular weight is 904 g/mol. The Labute approximate surface area is 414 Å². The summed E-state index contributed by atoms with van der Waals surface area (Å²) in [6.45, 7) is 4.34. The lowest BCUT2D eigenvalue weighted by Crippen LogP contribution is -2.36. The second kappa shape index (κ2) is 20.4. The number of rotatable bonds is 9. The zero-order valence-electron chi connectivity index (χ0n) is 40.1. The summed E-state index contributed by atoms with van der Waals surface area (Å²) in [7, 11) is 1.50. The summed E-state index contributed by atoms with van der Waals surface area (Å²) in [6.07, 6.45) is 2.11. The minimum Gasteiger partial charge on any atom is -0.378 e. The van der Waals surface area contributed by atoms with Gasteiger partial charge in [-0.1, -0.05) is 213 Å².